The van der Waals surface area contributed by atoms with Gasteiger partial charge in [0.1, 0.15) is 5.75 Å². The lowest BCUT2D eigenvalue weighted by molar-refractivity contribution is -0.110. The molecule has 19 heavy (non-hydrogen) atoms. The van der Waals surface area contributed by atoms with Gasteiger partial charge in [-0.25, -0.2) is 0 Å². The first kappa shape index (κ1) is 13.2. The minimum atomic E-state index is -3.78. The highest BCUT2D eigenvalue weighted by molar-refractivity contribution is 7.90. The number of methoxy groups -OCH3 is 1. The smallest absolute Gasteiger partial charge is 0.282 e. The maximum absolute atomic E-state index is 12.0. The summed E-state index contributed by atoms with van der Waals surface area (Å²) in [7, 11) is -2.29. The first-order valence-electron chi connectivity index (χ1n) is 5.40. The lowest BCUT2D eigenvalue weighted by Gasteiger charge is -2.03. The van der Waals surface area contributed by atoms with Crippen molar-refractivity contribution in [2.45, 2.75) is 4.90 Å². The van der Waals surface area contributed by atoms with E-state index in [4.69, 9.17) is 4.74 Å². The number of nitrogens with zero attached hydrogens (tertiary/aromatic N) is 1. The molecule has 0 amide bonds. The molecule has 0 heterocycles. The van der Waals surface area contributed by atoms with E-state index in [0.717, 1.165) is 0 Å². The normalized spacial score (nSPS) is 14.6. The van der Waals surface area contributed by atoms with Crippen molar-refractivity contribution in [3.05, 3.63) is 48.6 Å². The second-order valence-electron chi connectivity index (χ2n) is 3.74. The summed E-state index contributed by atoms with van der Waals surface area (Å²) in [5, 5.41) is 0. The van der Waals surface area contributed by atoms with Gasteiger partial charge in [0, 0.05) is 0 Å². The van der Waals surface area contributed by atoms with Crippen molar-refractivity contribution in [1.82, 2.24) is 0 Å². The third kappa shape index (κ3) is 3.17. The zero-order chi connectivity index (χ0) is 13.9. The summed E-state index contributed by atoms with van der Waals surface area (Å²) in [6.45, 7) is 0. The van der Waals surface area contributed by atoms with Gasteiger partial charge in [-0.15, -0.1) is 0 Å². The summed E-state index contributed by atoms with van der Waals surface area (Å²) in [4.78, 5) is 11.0. The Morgan fingerprint density at radius 3 is 2.11 bits per heavy atom. The summed E-state index contributed by atoms with van der Waals surface area (Å²) in [6.07, 6.45) is 5.26. The van der Waals surface area contributed by atoms with Crippen LogP contribution >= 0.6 is 0 Å². The molecule has 5 nitrogen and oxygen atoms in total. The highest BCUT2D eigenvalue weighted by Gasteiger charge is 2.13. The molecule has 0 aromatic heterocycles. The van der Waals surface area contributed by atoms with Crippen molar-refractivity contribution >= 4 is 21.5 Å². The highest BCUT2D eigenvalue weighted by Crippen LogP contribution is 2.18. The number of benzene rings is 1. The summed E-state index contributed by atoms with van der Waals surface area (Å²) < 4.78 is 32.6. The van der Waals surface area contributed by atoms with E-state index >= 15 is 0 Å². The molecule has 2 rings (SSSR count). The van der Waals surface area contributed by atoms with Crippen LogP contribution in [0, 0.1) is 0 Å². The van der Waals surface area contributed by atoms with Crippen LogP contribution in [0.25, 0.3) is 0 Å². The van der Waals surface area contributed by atoms with E-state index in [1.165, 1.54) is 43.5 Å². The van der Waals surface area contributed by atoms with E-state index in [-0.39, 0.29) is 16.4 Å². The van der Waals surface area contributed by atoms with Gasteiger partial charge in [0.25, 0.3) is 10.0 Å². The molecule has 0 bridgehead atoms. The minimum absolute atomic E-state index is 0.0690. The van der Waals surface area contributed by atoms with Crippen LogP contribution in [-0.2, 0) is 14.8 Å². The van der Waals surface area contributed by atoms with Crippen molar-refractivity contribution in [3.63, 3.8) is 0 Å². The highest BCUT2D eigenvalue weighted by atomic mass is 32.2. The molecule has 0 fully saturated rings. The third-order valence-corrected chi connectivity index (χ3v) is 3.74. The summed E-state index contributed by atoms with van der Waals surface area (Å²) in [5.74, 6) is 0.371. The van der Waals surface area contributed by atoms with Crippen molar-refractivity contribution in [3.8, 4) is 5.75 Å². The number of ketones is 1. The molecule has 0 atom stereocenters. The summed E-state index contributed by atoms with van der Waals surface area (Å²) in [6, 6.07) is 5.92. The van der Waals surface area contributed by atoms with Crippen LogP contribution in [0.4, 0.5) is 0 Å². The zero-order valence-electron chi connectivity index (χ0n) is 10.1. The van der Waals surface area contributed by atoms with Crippen LogP contribution in [0.2, 0.25) is 0 Å². The van der Waals surface area contributed by atoms with Gasteiger partial charge in [0.2, 0.25) is 0 Å². The Morgan fingerprint density at radius 1 is 1.00 bits per heavy atom. The number of allylic oxidation sites excluding steroid dienone is 4. The molecular formula is C13H11NO4S. The van der Waals surface area contributed by atoms with E-state index < -0.39 is 10.0 Å². The number of rotatable bonds is 3. The summed E-state index contributed by atoms with van der Waals surface area (Å²) >= 11 is 0. The van der Waals surface area contributed by atoms with Crippen LogP contribution in [0.1, 0.15) is 0 Å². The molecule has 1 aliphatic carbocycles. The average Bonchev–Trinajstić information content (AvgIpc) is 2.41. The lowest BCUT2D eigenvalue weighted by atomic mass is 10.2. The number of hydrogen-bond acceptors (Lipinski definition) is 4. The molecule has 1 aromatic carbocycles. The Labute approximate surface area is 111 Å². The van der Waals surface area contributed by atoms with Crippen LogP contribution in [-0.4, -0.2) is 27.0 Å². The van der Waals surface area contributed by atoms with E-state index in [1.807, 2.05) is 0 Å². The number of hydrogen-bond donors (Lipinski definition) is 0. The molecule has 0 saturated carbocycles. The first-order valence-corrected chi connectivity index (χ1v) is 6.84. The van der Waals surface area contributed by atoms with Gasteiger partial charge in [0.05, 0.1) is 17.7 Å². The van der Waals surface area contributed by atoms with Gasteiger partial charge in [-0.3, -0.25) is 4.79 Å². The van der Waals surface area contributed by atoms with Gasteiger partial charge < -0.3 is 4.74 Å². The number of carbonyl (C=O) groups is 1. The van der Waals surface area contributed by atoms with E-state index in [2.05, 4.69) is 4.40 Å². The maximum Gasteiger partial charge on any atom is 0.282 e. The number of sulfonamides is 1. The molecule has 0 unspecified atom stereocenters. The average molecular weight is 277 g/mol. The van der Waals surface area contributed by atoms with E-state index in [1.54, 1.807) is 12.1 Å². The predicted octanol–water partition coefficient (Wildman–Crippen LogP) is 1.52. The molecule has 0 N–H and O–H groups in total. The molecular weight excluding hydrogens is 266 g/mol. The predicted molar refractivity (Wildman–Crippen MR) is 70.9 cm³/mol. The Hall–Kier alpha value is -2.21. The van der Waals surface area contributed by atoms with Crippen molar-refractivity contribution < 1.29 is 17.9 Å². The SMILES string of the molecule is COc1ccc(S(=O)(=O)N=C2C=CC(=O)C=C2)cc1. The summed E-state index contributed by atoms with van der Waals surface area (Å²) in [5.41, 5.74) is 0.218. The zero-order valence-corrected chi connectivity index (χ0v) is 10.9. The van der Waals surface area contributed by atoms with Crippen molar-refractivity contribution in [2.24, 2.45) is 4.40 Å². The van der Waals surface area contributed by atoms with Crippen molar-refractivity contribution in [1.29, 1.82) is 0 Å². The first-order chi connectivity index (χ1) is 9.01. The quantitative estimate of drug-likeness (QED) is 0.785. The van der Waals surface area contributed by atoms with Gasteiger partial charge in [-0.05, 0) is 48.6 Å². The maximum atomic E-state index is 12.0. The Bertz CT molecular complexity index is 664. The van der Waals surface area contributed by atoms with Gasteiger partial charge in [-0.1, -0.05) is 0 Å². The monoisotopic (exact) mass is 277 g/mol. The fourth-order valence-electron chi connectivity index (χ4n) is 1.45. The molecule has 1 aliphatic rings. The van der Waals surface area contributed by atoms with Gasteiger partial charge >= 0.3 is 0 Å². The standard InChI is InChI=1S/C13H11NO4S/c1-18-12-6-8-13(9-7-12)19(16,17)14-10-2-4-11(15)5-3-10/h2-9H,1H3. The molecule has 98 valence electrons. The van der Waals surface area contributed by atoms with Gasteiger partial charge in [0.15, 0.2) is 5.78 Å². The van der Waals surface area contributed by atoms with E-state index in [9.17, 15) is 13.2 Å². The third-order valence-electron chi connectivity index (χ3n) is 2.42. The lowest BCUT2D eigenvalue weighted by Crippen LogP contribution is -2.04. The molecule has 0 spiro atoms. The topological polar surface area (TPSA) is 72.8 Å². The van der Waals surface area contributed by atoms with Crippen LogP contribution in [0.3, 0.4) is 0 Å². The molecule has 0 aliphatic heterocycles. The van der Waals surface area contributed by atoms with Crippen LogP contribution in [0.15, 0.2) is 57.9 Å². The Kier molecular flexibility index (Phi) is 3.62. The largest absolute Gasteiger partial charge is 0.497 e. The molecule has 1 aromatic rings. The van der Waals surface area contributed by atoms with Gasteiger partial charge in [-0.2, -0.15) is 12.8 Å². The molecule has 0 radical (unpaired) electrons. The molecule has 6 heteroatoms. The fourth-order valence-corrected chi connectivity index (χ4v) is 2.43. The Balaban J connectivity index is 2.32. The molecule has 0 saturated heterocycles. The second-order valence-corrected chi connectivity index (χ2v) is 5.34. The number of carbonyl (C=O) groups excluding carboxylic acids is 1. The van der Waals surface area contributed by atoms with Crippen molar-refractivity contribution in [2.75, 3.05) is 7.11 Å². The van der Waals surface area contributed by atoms with Crippen LogP contribution in [0.5, 0.6) is 5.75 Å². The van der Waals surface area contributed by atoms with Crippen LogP contribution < -0.4 is 4.74 Å². The fraction of sp³-hybridized carbons (Fsp3) is 0.0769. The Morgan fingerprint density at radius 2 is 1.58 bits per heavy atom. The minimum Gasteiger partial charge on any atom is -0.497 e. The van der Waals surface area contributed by atoms with E-state index in [0.29, 0.717) is 5.75 Å². The number of ether oxygens (including phenoxy) is 1. The second kappa shape index (κ2) is 5.19.